The third-order valence-corrected chi connectivity index (χ3v) is 5.61. The van der Waals surface area contributed by atoms with Crippen LogP contribution in [-0.4, -0.2) is 62.8 Å². The quantitative estimate of drug-likeness (QED) is 0.591. The van der Waals surface area contributed by atoms with Gasteiger partial charge in [0.1, 0.15) is 5.75 Å². The number of hydrogen-bond acceptors (Lipinski definition) is 7. The molecule has 2 heterocycles. The number of benzene rings is 1. The maximum atomic E-state index is 13.0. The molecular weight excluding hydrogens is 414 g/mol. The topological polar surface area (TPSA) is 106 Å². The smallest absolute Gasteiger partial charge is 0.338 e. The van der Waals surface area contributed by atoms with Crippen molar-refractivity contribution in [1.29, 1.82) is 0 Å². The van der Waals surface area contributed by atoms with E-state index in [2.05, 4.69) is 15.5 Å². The number of hydrogen-bond donors (Lipinski definition) is 2. The zero-order valence-electron chi connectivity index (χ0n) is 18.8. The molecule has 2 aliphatic rings. The molecule has 1 fully saturated rings. The number of esters is 2. The Morgan fingerprint density at radius 3 is 2.62 bits per heavy atom. The molecule has 0 spiro atoms. The normalized spacial score (nSPS) is 21.4. The average molecular weight is 446 g/mol. The van der Waals surface area contributed by atoms with Gasteiger partial charge in [-0.3, -0.25) is 9.69 Å². The van der Waals surface area contributed by atoms with Crippen molar-refractivity contribution in [3.8, 4) is 5.75 Å². The van der Waals surface area contributed by atoms with Crippen LogP contribution in [0.2, 0.25) is 0 Å². The summed E-state index contributed by atoms with van der Waals surface area (Å²) in [6, 6.07) is 6.10. The van der Waals surface area contributed by atoms with Crippen molar-refractivity contribution in [2.45, 2.75) is 32.7 Å². The lowest BCUT2D eigenvalue weighted by molar-refractivity contribution is -0.150. The summed E-state index contributed by atoms with van der Waals surface area (Å²) in [5, 5.41) is 5.62. The first kappa shape index (κ1) is 23.6. The number of para-hydroxylation sites is 1. The lowest BCUT2D eigenvalue weighted by atomic mass is 9.93. The lowest BCUT2D eigenvalue weighted by Gasteiger charge is -2.35. The number of likely N-dealkylation sites (tertiary alicyclic amines) is 1. The van der Waals surface area contributed by atoms with E-state index in [1.165, 1.54) is 0 Å². The summed E-state index contributed by atoms with van der Waals surface area (Å²) in [4.78, 5) is 39.8. The Bertz CT molecular complexity index is 884. The standard InChI is InChI=1S/C23H31N3O6/c1-4-31-21(27)15-9-8-12-26(13-15)14-17-19(22(28)32-5-2)20(25-23(29)24-17)16-10-6-7-11-18(16)30-3/h6-7,10-11,15,20H,4-5,8-9,12-14H2,1-3H3,(H2,24,25,29)/t15-,20-/m0/s1. The van der Waals surface area contributed by atoms with E-state index in [1.807, 2.05) is 18.2 Å². The number of piperidine rings is 1. The average Bonchev–Trinajstić information content (AvgIpc) is 2.79. The molecule has 0 saturated carbocycles. The summed E-state index contributed by atoms with van der Waals surface area (Å²) < 4.78 is 16.0. The zero-order valence-corrected chi connectivity index (χ0v) is 18.8. The second-order valence-electron chi connectivity index (χ2n) is 7.71. The molecule has 0 bridgehead atoms. The first-order valence-electron chi connectivity index (χ1n) is 11.0. The number of nitrogens with one attached hydrogen (secondary N) is 2. The number of urea groups is 1. The minimum absolute atomic E-state index is 0.205. The number of carbonyl (C=O) groups is 3. The summed E-state index contributed by atoms with van der Waals surface area (Å²) >= 11 is 0. The maximum Gasteiger partial charge on any atom is 0.338 e. The first-order valence-corrected chi connectivity index (χ1v) is 11.0. The Labute approximate surface area is 188 Å². The summed E-state index contributed by atoms with van der Waals surface area (Å²) in [5.41, 5.74) is 1.45. The highest BCUT2D eigenvalue weighted by Gasteiger charge is 2.36. The molecule has 1 aromatic carbocycles. The highest BCUT2D eigenvalue weighted by Crippen LogP contribution is 2.34. The second kappa shape index (κ2) is 11.0. The van der Waals surface area contributed by atoms with Gasteiger partial charge in [-0.1, -0.05) is 18.2 Å². The van der Waals surface area contributed by atoms with E-state index >= 15 is 0 Å². The van der Waals surface area contributed by atoms with E-state index in [9.17, 15) is 14.4 Å². The van der Waals surface area contributed by atoms with Crippen LogP contribution in [0.4, 0.5) is 4.79 Å². The maximum absolute atomic E-state index is 13.0. The van der Waals surface area contributed by atoms with Gasteiger partial charge in [0.25, 0.3) is 0 Å². The van der Waals surface area contributed by atoms with Crippen molar-refractivity contribution in [3.63, 3.8) is 0 Å². The Kier molecular flexibility index (Phi) is 8.10. The van der Waals surface area contributed by atoms with Crippen molar-refractivity contribution in [2.75, 3.05) is 40.0 Å². The molecule has 2 atom stereocenters. The fourth-order valence-electron chi connectivity index (χ4n) is 4.21. The van der Waals surface area contributed by atoms with Crippen LogP contribution in [0.15, 0.2) is 35.5 Å². The van der Waals surface area contributed by atoms with Crippen LogP contribution in [0.5, 0.6) is 5.75 Å². The Hall–Kier alpha value is -3.07. The second-order valence-corrected chi connectivity index (χ2v) is 7.71. The van der Waals surface area contributed by atoms with E-state index < -0.39 is 18.0 Å². The van der Waals surface area contributed by atoms with Gasteiger partial charge in [-0.25, -0.2) is 9.59 Å². The Balaban J connectivity index is 1.94. The molecule has 0 unspecified atom stereocenters. The molecule has 0 radical (unpaired) electrons. The molecule has 2 N–H and O–H groups in total. The number of rotatable bonds is 8. The lowest BCUT2D eigenvalue weighted by Crippen LogP contribution is -2.50. The summed E-state index contributed by atoms with van der Waals surface area (Å²) in [6.45, 7) is 5.63. The minimum atomic E-state index is -0.723. The predicted molar refractivity (Wildman–Crippen MR) is 117 cm³/mol. The number of amides is 2. The van der Waals surface area contributed by atoms with Crippen LogP contribution in [0.3, 0.4) is 0 Å². The van der Waals surface area contributed by atoms with Gasteiger partial charge in [0.05, 0.1) is 37.9 Å². The van der Waals surface area contributed by atoms with Crippen LogP contribution in [0.25, 0.3) is 0 Å². The van der Waals surface area contributed by atoms with Gasteiger partial charge in [-0.05, 0) is 39.3 Å². The van der Waals surface area contributed by atoms with E-state index in [1.54, 1.807) is 27.0 Å². The van der Waals surface area contributed by atoms with Gasteiger partial charge in [0, 0.05) is 24.4 Å². The van der Waals surface area contributed by atoms with Crippen molar-refractivity contribution in [2.24, 2.45) is 5.92 Å². The van der Waals surface area contributed by atoms with E-state index in [-0.39, 0.29) is 18.5 Å². The highest BCUT2D eigenvalue weighted by molar-refractivity contribution is 5.95. The van der Waals surface area contributed by atoms with Crippen molar-refractivity contribution in [3.05, 3.63) is 41.1 Å². The highest BCUT2D eigenvalue weighted by atomic mass is 16.5. The molecule has 9 nitrogen and oxygen atoms in total. The Morgan fingerprint density at radius 2 is 1.91 bits per heavy atom. The van der Waals surface area contributed by atoms with Crippen molar-refractivity contribution < 1.29 is 28.6 Å². The molecule has 0 aliphatic carbocycles. The third-order valence-electron chi connectivity index (χ3n) is 5.61. The molecule has 2 aliphatic heterocycles. The first-order chi connectivity index (χ1) is 15.5. The van der Waals surface area contributed by atoms with Gasteiger partial charge in [0.2, 0.25) is 0 Å². The largest absolute Gasteiger partial charge is 0.496 e. The van der Waals surface area contributed by atoms with Gasteiger partial charge < -0.3 is 24.8 Å². The van der Waals surface area contributed by atoms with E-state index in [4.69, 9.17) is 14.2 Å². The molecule has 3 rings (SSSR count). The monoisotopic (exact) mass is 445 g/mol. The summed E-state index contributed by atoms with van der Waals surface area (Å²) in [6.07, 6.45) is 1.59. The predicted octanol–water partition coefficient (Wildman–Crippen LogP) is 2.14. The summed E-state index contributed by atoms with van der Waals surface area (Å²) in [7, 11) is 1.54. The number of methoxy groups -OCH3 is 1. The molecule has 2 amide bonds. The molecule has 1 aromatic rings. The Morgan fingerprint density at radius 1 is 1.16 bits per heavy atom. The fraction of sp³-hybridized carbons (Fsp3) is 0.522. The van der Waals surface area contributed by atoms with E-state index in [0.29, 0.717) is 42.3 Å². The van der Waals surface area contributed by atoms with Gasteiger partial charge in [-0.2, -0.15) is 0 Å². The van der Waals surface area contributed by atoms with Crippen LogP contribution >= 0.6 is 0 Å². The van der Waals surface area contributed by atoms with Crippen LogP contribution in [0.1, 0.15) is 38.3 Å². The van der Waals surface area contributed by atoms with Gasteiger partial charge in [0.15, 0.2) is 0 Å². The molecule has 32 heavy (non-hydrogen) atoms. The number of ether oxygens (including phenoxy) is 3. The molecule has 0 aromatic heterocycles. The van der Waals surface area contributed by atoms with Gasteiger partial charge in [-0.15, -0.1) is 0 Å². The molecule has 1 saturated heterocycles. The van der Waals surface area contributed by atoms with Gasteiger partial charge >= 0.3 is 18.0 Å². The SMILES string of the molecule is CCOC(=O)C1=C(CN2CCC[C@H](C(=O)OCC)C2)NC(=O)N[C@H]1c1ccccc1OC. The molecular formula is C23H31N3O6. The molecule has 174 valence electrons. The van der Waals surface area contributed by atoms with Crippen molar-refractivity contribution in [1.82, 2.24) is 15.5 Å². The van der Waals surface area contributed by atoms with E-state index in [0.717, 1.165) is 19.4 Å². The van der Waals surface area contributed by atoms with Crippen LogP contribution in [-0.2, 0) is 19.1 Å². The third kappa shape index (κ3) is 5.40. The number of nitrogens with zero attached hydrogens (tertiary/aromatic N) is 1. The molecule has 9 heteroatoms. The van der Waals surface area contributed by atoms with Crippen LogP contribution in [0, 0.1) is 5.92 Å². The zero-order chi connectivity index (χ0) is 23.1. The fourth-order valence-corrected chi connectivity index (χ4v) is 4.21. The minimum Gasteiger partial charge on any atom is -0.496 e. The van der Waals surface area contributed by atoms with Crippen molar-refractivity contribution >= 4 is 18.0 Å². The van der Waals surface area contributed by atoms with Crippen LogP contribution < -0.4 is 15.4 Å². The summed E-state index contributed by atoms with van der Waals surface area (Å²) in [5.74, 6) is -0.387. The number of carbonyl (C=O) groups excluding carboxylic acids is 3.